The minimum absolute atomic E-state index is 0.0331. The summed E-state index contributed by atoms with van der Waals surface area (Å²) in [5, 5.41) is 2.54. The van der Waals surface area contributed by atoms with Crippen LogP contribution in [0.3, 0.4) is 0 Å². The molecule has 0 bridgehead atoms. The fourth-order valence-corrected chi connectivity index (χ4v) is 3.16. The van der Waals surface area contributed by atoms with E-state index in [4.69, 9.17) is 0 Å². The Morgan fingerprint density at radius 3 is 2.65 bits per heavy atom. The second-order valence-corrected chi connectivity index (χ2v) is 6.34. The van der Waals surface area contributed by atoms with Crippen molar-refractivity contribution in [3.05, 3.63) is 51.0 Å². The number of methoxy groups -OCH3 is 1. The van der Waals surface area contributed by atoms with Crippen LogP contribution in [-0.4, -0.2) is 19.0 Å². The number of rotatable bonds is 5. The fraction of sp³-hybridized carbons (Fsp3) is 0.294. The Hall–Kier alpha value is -2.21. The van der Waals surface area contributed by atoms with E-state index in [1.807, 2.05) is 13.0 Å². The van der Waals surface area contributed by atoms with Crippen LogP contribution in [0.4, 0.5) is 10.1 Å². The lowest BCUT2D eigenvalue weighted by molar-refractivity contribution is 0.0600. The zero-order chi connectivity index (χ0) is 17.0. The lowest BCUT2D eigenvalue weighted by Gasteiger charge is -2.06. The van der Waals surface area contributed by atoms with Gasteiger partial charge in [0, 0.05) is 4.88 Å². The number of anilines is 1. The molecule has 23 heavy (non-hydrogen) atoms. The minimum atomic E-state index is -0.677. The van der Waals surface area contributed by atoms with Crippen LogP contribution >= 0.6 is 11.3 Å². The van der Waals surface area contributed by atoms with Gasteiger partial charge in [-0.3, -0.25) is 4.79 Å². The third-order valence-corrected chi connectivity index (χ3v) is 4.49. The first kappa shape index (κ1) is 17.1. The molecule has 0 spiro atoms. The van der Waals surface area contributed by atoms with Crippen LogP contribution in [-0.2, 0) is 11.2 Å². The summed E-state index contributed by atoms with van der Waals surface area (Å²) in [5.41, 5.74) is 1.27. The predicted octanol–water partition coefficient (Wildman–Crippen LogP) is 4.19. The lowest BCUT2D eigenvalue weighted by Crippen LogP contribution is -2.12. The topological polar surface area (TPSA) is 55.4 Å². The summed E-state index contributed by atoms with van der Waals surface area (Å²) < 4.78 is 18.5. The molecule has 0 aliphatic carbocycles. The molecule has 1 N–H and O–H groups in total. The average Bonchev–Trinajstić information content (AvgIpc) is 2.90. The molecule has 1 amide bonds. The number of hydrogen-bond acceptors (Lipinski definition) is 4. The molecule has 2 aromatic rings. The quantitative estimate of drug-likeness (QED) is 0.834. The Morgan fingerprint density at radius 1 is 1.30 bits per heavy atom. The van der Waals surface area contributed by atoms with Gasteiger partial charge in [0.25, 0.3) is 5.91 Å². The van der Waals surface area contributed by atoms with Crippen molar-refractivity contribution in [1.29, 1.82) is 0 Å². The smallest absolute Gasteiger partial charge is 0.337 e. The van der Waals surface area contributed by atoms with Crippen molar-refractivity contribution in [2.75, 3.05) is 12.4 Å². The van der Waals surface area contributed by atoms with Crippen molar-refractivity contribution in [2.24, 2.45) is 0 Å². The molecule has 1 heterocycles. The molecular formula is C17H18FNO3S. The summed E-state index contributed by atoms with van der Waals surface area (Å²) in [5.74, 6) is -1.66. The van der Waals surface area contributed by atoms with Gasteiger partial charge < -0.3 is 10.1 Å². The van der Waals surface area contributed by atoms with E-state index in [-0.39, 0.29) is 17.2 Å². The number of ether oxygens (including phenoxy) is 1. The molecular weight excluding hydrogens is 317 g/mol. The first-order valence-corrected chi connectivity index (χ1v) is 8.06. The molecule has 0 aliphatic rings. The lowest BCUT2D eigenvalue weighted by atomic mass is 10.1. The highest BCUT2D eigenvalue weighted by atomic mass is 32.1. The maximum absolute atomic E-state index is 14.0. The highest BCUT2D eigenvalue weighted by molar-refractivity contribution is 7.14. The van der Waals surface area contributed by atoms with E-state index < -0.39 is 11.8 Å². The van der Waals surface area contributed by atoms with E-state index in [2.05, 4.69) is 17.0 Å². The van der Waals surface area contributed by atoms with Crippen LogP contribution in [0.5, 0.6) is 0 Å². The largest absolute Gasteiger partial charge is 0.465 e. The summed E-state index contributed by atoms with van der Waals surface area (Å²) in [7, 11) is 1.23. The minimum Gasteiger partial charge on any atom is -0.465 e. The number of nitrogens with one attached hydrogen (secondary N) is 1. The number of esters is 1. The molecule has 0 saturated carbocycles. The van der Waals surface area contributed by atoms with Crippen molar-refractivity contribution in [1.82, 2.24) is 0 Å². The van der Waals surface area contributed by atoms with Gasteiger partial charge in [0.05, 0.1) is 23.2 Å². The van der Waals surface area contributed by atoms with E-state index in [9.17, 15) is 14.0 Å². The molecule has 0 atom stereocenters. The van der Waals surface area contributed by atoms with E-state index >= 15 is 0 Å². The first-order valence-electron chi connectivity index (χ1n) is 7.24. The van der Waals surface area contributed by atoms with Gasteiger partial charge in [0.2, 0.25) is 0 Å². The second-order valence-electron chi connectivity index (χ2n) is 5.08. The maximum atomic E-state index is 14.0. The van der Waals surface area contributed by atoms with Gasteiger partial charge in [-0.15, -0.1) is 11.3 Å². The molecule has 4 nitrogen and oxygen atoms in total. The van der Waals surface area contributed by atoms with E-state index in [0.29, 0.717) is 4.88 Å². The second kappa shape index (κ2) is 7.37. The van der Waals surface area contributed by atoms with Gasteiger partial charge >= 0.3 is 5.97 Å². The fourth-order valence-electron chi connectivity index (χ4n) is 2.19. The van der Waals surface area contributed by atoms with Gasteiger partial charge in [-0.05, 0) is 43.2 Å². The van der Waals surface area contributed by atoms with Crippen molar-refractivity contribution < 1.29 is 18.7 Å². The molecule has 0 aliphatic heterocycles. The summed E-state index contributed by atoms with van der Waals surface area (Å²) in [6.07, 6.45) is 1.92. The van der Waals surface area contributed by atoms with Gasteiger partial charge in [0.15, 0.2) is 0 Å². The third kappa shape index (κ3) is 3.96. The Kier molecular flexibility index (Phi) is 5.50. The third-order valence-electron chi connectivity index (χ3n) is 3.40. The van der Waals surface area contributed by atoms with Crippen LogP contribution in [0, 0.1) is 12.7 Å². The van der Waals surface area contributed by atoms with Crippen LogP contribution < -0.4 is 5.32 Å². The first-order chi connectivity index (χ1) is 11.0. The number of benzene rings is 1. The maximum Gasteiger partial charge on any atom is 0.337 e. The summed E-state index contributed by atoms with van der Waals surface area (Å²) >= 11 is 1.39. The normalized spacial score (nSPS) is 10.4. The number of aryl methyl sites for hydroxylation is 2. The number of thiophene rings is 1. The van der Waals surface area contributed by atoms with Crippen LogP contribution in [0.1, 0.15) is 43.8 Å². The molecule has 122 valence electrons. The van der Waals surface area contributed by atoms with Crippen LogP contribution in [0.2, 0.25) is 0 Å². The molecule has 6 heteroatoms. The van der Waals surface area contributed by atoms with E-state index in [1.165, 1.54) is 30.6 Å². The van der Waals surface area contributed by atoms with E-state index in [0.717, 1.165) is 29.3 Å². The van der Waals surface area contributed by atoms with Crippen molar-refractivity contribution in [3.8, 4) is 0 Å². The molecule has 0 fully saturated rings. The van der Waals surface area contributed by atoms with Crippen LogP contribution in [0.15, 0.2) is 24.3 Å². The Bertz CT molecular complexity index is 739. The van der Waals surface area contributed by atoms with Gasteiger partial charge in [-0.1, -0.05) is 13.3 Å². The standard InChI is InChI=1S/C17H18FNO3S/c1-4-5-11-9-15(23-10(11)2)16(20)19-14-7-6-12(8-13(14)18)17(21)22-3/h6-9H,4-5H2,1-3H3,(H,19,20). The van der Waals surface area contributed by atoms with Crippen LogP contribution in [0.25, 0.3) is 0 Å². The van der Waals surface area contributed by atoms with Gasteiger partial charge in [-0.2, -0.15) is 0 Å². The Morgan fingerprint density at radius 2 is 2.04 bits per heavy atom. The average molecular weight is 335 g/mol. The van der Waals surface area contributed by atoms with Crippen molar-refractivity contribution in [2.45, 2.75) is 26.7 Å². The summed E-state index contributed by atoms with van der Waals surface area (Å²) in [6, 6.07) is 5.66. The monoisotopic (exact) mass is 335 g/mol. The summed E-state index contributed by atoms with van der Waals surface area (Å²) in [4.78, 5) is 25.2. The SMILES string of the molecule is CCCc1cc(C(=O)Nc2ccc(C(=O)OC)cc2F)sc1C. The zero-order valence-electron chi connectivity index (χ0n) is 13.2. The number of amides is 1. The summed E-state index contributed by atoms with van der Waals surface area (Å²) in [6.45, 7) is 4.05. The van der Waals surface area contributed by atoms with Gasteiger partial charge in [-0.25, -0.2) is 9.18 Å². The Labute approximate surface area is 138 Å². The zero-order valence-corrected chi connectivity index (χ0v) is 14.1. The van der Waals surface area contributed by atoms with Gasteiger partial charge in [0.1, 0.15) is 5.82 Å². The highest BCUT2D eigenvalue weighted by Crippen LogP contribution is 2.24. The number of carbonyl (C=O) groups excluding carboxylic acids is 2. The number of hydrogen-bond donors (Lipinski definition) is 1. The highest BCUT2D eigenvalue weighted by Gasteiger charge is 2.15. The molecule has 2 rings (SSSR count). The number of carbonyl (C=O) groups is 2. The molecule has 0 radical (unpaired) electrons. The number of halogens is 1. The molecule has 1 aromatic heterocycles. The molecule has 1 aromatic carbocycles. The molecule has 0 unspecified atom stereocenters. The van der Waals surface area contributed by atoms with E-state index in [1.54, 1.807) is 0 Å². The molecule has 0 saturated heterocycles. The van der Waals surface area contributed by atoms with Crippen molar-refractivity contribution >= 4 is 28.9 Å². The predicted molar refractivity (Wildman–Crippen MR) is 88.7 cm³/mol. The Balaban J connectivity index is 2.17. The van der Waals surface area contributed by atoms with Crippen molar-refractivity contribution in [3.63, 3.8) is 0 Å².